The highest BCUT2D eigenvalue weighted by atomic mass is 19.4. The van der Waals surface area contributed by atoms with Gasteiger partial charge in [0.1, 0.15) is 0 Å². The van der Waals surface area contributed by atoms with Crippen molar-refractivity contribution in [3.05, 3.63) is 61.8 Å². The molecule has 5 nitrogen and oxygen atoms in total. The molecule has 2 aliphatic rings. The summed E-state index contributed by atoms with van der Waals surface area (Å²) < 4.78 is 80.3. The summed E-state index contributed by atoms with van der Waals surface area (Å²) in [6, 6.07) is 1.75. The Hall–Kier alpha value is -2.72. The number of halogens is 6. The predicted molar refractivity (Wildman–Crippen MR) is 101 cm³/mol. The molecule has 2 aromatic rings. The Bertz CT molecular complexity index is 1120. The summed E-state index contributed by atoms with van der Waals surface area (Å²) >= 11 is 0. The van der Waals surface area contributed by atoms with Crippen molar-refractivity contribution in [2.45, 2.75) is 57.0 Å². The molecular formula is C21H20F6N2O3. The van der Waals surface area contributed by atoms with Crippen molar-refractivity contribution in [1.82, 2.24) is 9.13 Å². The molecule has 0 spiro atoms. The van der Waals surface area contributed by atoms with Crippen molar-refractivity contribution in [2.75, 3.05) is 0 Å². The Kier molecular flexibility index (Phi) is 5.41. The van der Waals surface area contributed by atoms with Gasteiger partial charge in [0.25, 0.3) is 5.56 Å². The van der Waals surface area contributed by atoms with Gasteiger partial charge >= 0.3 is 18.0 Å². The summed E-state index contributed by atoms with van der Waals surface area (Å²) in [5, 5.41) is 10.1. The molecule has 174 valence electrons. The monoisotopic (exact) mass is 462 g/mol. The van der Waals surface area contributed by atoms with Crippen molar-refractivity contribution in [3.63, 3.8) is 0 Å². The van der Waals surface area contributed by atoms with Crippen LogP contribution in [-0.2, 0) is 25.3 Å². The Morgan fingerprint density at radius 3 is 2.03 bits per heavy atom. The second kappa shape index (κ2) is 7.70. The van der Waals surface area contributed by atoms with E-state index in [1.165, 1.54) is 0 Å². The van der Waals surface area contributed by atoms with Gasteiger partial charge in [-0.25, -0.2) is 4.79 Å². The van der Waals surface area contributed by atoms with E-state index in [4.69, 9.17) is 0 Å². The first-order valence-electron chi connectivity index (χ1n) is 10.2. The molecular weight excluding hydrogens is 442 g/mol. The third-order valence-electron chi connectivity index (χ3n) is 6.51. The highest BCUT2D eigenvalue weighted by Gasteiger charge is 2.42. The molecule has 11 heteroatoms. The zero-order valence-corrected chi connectivity index (χ0v) is 16.7. The molecule has 1 N–H and O–H groups in total. The molecule has 1 aromatic heterocycles. The largest absolute Gasteiger partial charge is 0.494 e. The fourth-order valence-corrected chi connectivity index (χ4v) is 5.03. The maximum absolute atomic E-state index is 13.1. The van der Waals surface area contributed by atoms with Gasteiger partial charge in [-0.05, 0) is 61.3 Å². The normalized spacial score (nSPS) is 23.1. The standard InChI is InChI=1S/C21H20F6N2O3/c22-20(23,24)14-6-12(7-15(9-14)21(25,26)27)3-4-28-17(30)10-18(31)29(19(28)32)16-8-11-1-2-13(16)5-11/h6-7,9-11,13,16,30H,1-5,8H2. The number of rotatable bonds is 4. The van der Waals surface area contributed by atoms with Crippen LogP contribution in [0.4, 0.5) is 26.3 Å². The number of alkyl halides is 6. The molecule has 0 amide bonds. The lowest BCUT2D eigenvalue weighted by Crippen LogP contribution is -2.43. The number of hydrogen-bond donors (Lipinski definition) is 1. The van der Waals surface area contributed by atoms with Crippen LogP contribution in [0.25, 0.3) is 0 Å². The maximum Gasteiger partial charge on any atom is 0.416 e. The van der Waals surface area contributed by atoms with Gasteiger partial charge < -0.3 is 5.11 Å². The summed E-state index contributed by atoms with van der Waals surface area (Å²) in [6.45, 7) is -0.385. The molecule has 2 bridgehead atoms. The second-order valence-corrected chi connectivity index (χ2v) is 8.55. The van der Waals surface area contributed by atoms with Gasteiger partial charge in [0.05, 0.1) is 17.2 Å². The van der Waals surface area contributed by atoms with Crippen LogP contribution in [0.15, 0.2) is 33.9 Å². The van der Waals surface area contributed by atoms with Crippen LogP contribution in [0.1, 0.15) is 48.4 Å². The fourth-order valence-electron chi connectivity index (χ4n) is 5.03. The van der Waals surface area contributed by atoms with Crippen molar-refractivity contribution in [2.24, 2.45) is 11.8 Å². The Morgan fingerprint density at radius 2 is 1.53 bits per heavy atom. The maximum atomic E-state index is 13.1. The van der Waals surface area contributed by atoms with Crippen molar-refractivity contribution >= 4 is 0 Å². The lowest BCUT2D eigenvalue weighted by molar-refractivity contribution is -0.143. The first-order chi connectivity index (χ1) is 14.8. The second-order valence-electron chi connectivity index (χ2n) is 8.55. The number of aromatic nitrogens is 2. The summed E-state index contributed by atoms with van der Waals surface area (Å²) in [6.07, 6.45) is -6.87. The average molecular weight is 462 g/mol. The van der Waals surface area contributed by atoms with E-state index in [1.54, 1.807) is 0 Å². The summed E-state index contributed by atoms with van der Waals surface area (Å²) in [7, 11) is 0. The first-order valence-corrected chi connectivity index (χ1v) is 10.2. The number of aromatic hydroxyl groups is 1. The third-order valence-corrected chi connectivity index (χ3v) is 6.51. The van der Waals surface area contributed by atoms with E-state index < -0.39 is 40.6 Å². The van der Waals surface area contributed by atoms with Gasteiger partial charge in [0.15, 0.2) is 0 Å². The average Bonchev–Trinajstić information content (AvgIpc) is 3.29. The number of nitrogens with zero attached hydrogens (tertiary/aromatic N) is 2. The summed E-state index contributed by atoms with van der Waals surface area (Å²) in [5.41, 5.74) is -4.68. The van der Waals surface area contributed by atoms with E-state index in [9.17, 15) is 41.0 Å². The van der Waals surface area contributed by atoms with Crippen molar-refractivity contribution in [3.8, 4) is 5.88 Å². The van der Waals surface area contributed by atoms with Gasteiger partial charge in [-0.2, -0.15) is 26.3 Å². The van der Waals surface area contributed by atoms with Crippen LogP contribution in [0.5, 0.6) is 5.88 Å². The van der Waals surface area contributed by atoms with Crippen LogP contribution >= 0.6 is 0 Å². The van der Waals surface area contributed by atoms with Gasteiger partial charge in [0, 0.05) is 12.6 Å². The van der Waals surface area contributed by atoms with Gasteiger partial charge in [0.2, 0.25) is 5.88 Å². The minimum atomic E-state index is -4.98. The molecule has 2 saturated carbocycles. The summed E-state index contributed by atoms with van der Waals surface area (Å²) in [4.78, 5) is 25.4. The number of hydrogen-bond acceptors (Lipinski definition) is 3. The third kappa shape index (κ3) is 4.16. The molecule has 0 saturated heterocycles. The van der Waals surface area contributed by atoms with Gasteiger partial charge in [-0.3, -0.25) is 13.9 Å². The molecule has 4 rings (SSSR count). The van der Waals surface area contributed by atoms with Crippen LogP contribution in [0.3, 0.4) is 0 Å². The zero-order chi connectivity index (χ0) is 23.4. The predicted octanol–water partition coefficient (Wildman–Crippen LogP) is 4.36. The smallest absolute Gasteiger partial charge is 0.416 e. The Labute approximate surface area is 177 Å². The van der Waals surface area contributed by atoms with E-state index in [0.717, 1.165) is 34.5 Å². The van der Waals surface area contributed by atoms with E-state index in [-0.39, 0.29) is 36.6 Å². The zero-order valence-electron chi connectivity index (χ0n) is 16.7. The van der Waals surface area contributed by atoms with Gasteiger partial charge in [-0.15, -0.1) is 0 Å². The minimum absolute atomic E-state index is 0.0302. The number of aryl methyl sites for hydroxylation is 1. The molecule has 3 unspecified atom stereocenters. The SMILES string of the molecule is O=c1cc(O)n(CCc2cc(C(F)(F)F)cc(C(F)(F)F)c2)c(=O)n1C1CC2CCC1C2. The topological polar surface area (TPSA) is 64.2 Å². The number of fused-ring (bicyclic) bond motifs is 2. The van der Waals surface area contributed by atoms with E-state index >= 15 is 0 Å². The van der Waals surface area contributed by atoms with E-state index in [0.29, 0.717) is 24.5 Å². The highest BCUT2D eigenvalue weighted by Crippen LogP contribution is 2.49. The fraction of sp³-hybridized carbons (Fsp3) is 0.524. The Balaban J connectivity index is 1.67. The molecule has 0 aliphatic heterocycles. The van der Waals surface area contributed by atoms with Crippen LogP contribution < -0.4 is 11.2 Å². The van der Waals surface area contributed by atoms with E-state index in [1.807, 2.05) is 0 Å². The summed E-state index contributed by atoms with van der Waals surface area (Å²) in [5.74, 6) is -0.0897. The molecule has 2 fully saturated rings. The molecule has 1 heterocycles. The lowest BCUT2D eigenvalue weighted by Gasteiger charge is -2.24. The van der Waals surface area contributed by atoms with Crippen LogP contribution in [-0.4, -0.2) is 14.2 Å². The van der Waals surface area contributed by atoms with E-state index in [2.05, 4.69) is 0 Å². The minimum Gasteiger partial charge on any atom is -0.494 e. The first kappa shape index (κ1) is 22.5. The highest BCUT2D eigenvalue weighted by molar-refractivity contribution is 5.33. The molecule has 0 radical (unpaired) electrons. The van der Waals surface area contributed by atoms with Crippen LogP contribution in [0, 0.1) is 11.8 Å². The quantitative estimate of drug-likeness (QED) is 0.687. The van der Waals surface area contributed by atoms with Gasteiger partial charge in [-0.1, -0.05) is 6.42 Å². The lowest BCUT2D eigenvalue weighted by atomic mass is 9.95. The Morgan fingerprint density at radius 1 is 0.906 bits per heavy atom. The number of benzene rings is 1. The molecule has 32 heavy (non-hydrogen) atoms. The van der Waals surface area contributed by atoms with Crippen molar-refractivity contribution < 1.29 is 31.4 Å². The van der Waals surface area contributed by atoms with Crippen LogP contribution in [0.2, 0.25) is 0 Å². The molecule has 1 aromatic carbocycles. The molecule has 2 aliphatic carbocycles. The van der Waals surface area contributed by atoms with Crippen molar-refractivity contribution in [1.29, 1.82) is 0 Å². The molecule has 3 atom stereocenters.